The van der Waals surface area contributed by atoms with Crippen LogP contribution < -0.4 is 14.4 Å². The van der Waals surface area contributed by atoms with Crippen molar-refractivity contribution in [3.8, 4) is 5.75 Å². The van der Waals surface area contributed by atoms with Gasteiger partial charge >= 0.3 is 0 Å². The Balaban J connectivity index is 1.43. The molecule has 30 heavy (non-hydrogen) atoms. The summed E-state index contributed by atoms with van der Waals surface area (Å²) in [7, 11) is -1.94. The lowest BCUT2D eigenvalue weighted by Gasteiger charge is -2.21. The van der Waals surface area contributed by atoms with Crippen LogP contribution in [0.2, 0.25) is 0 Å². The second kappa shape index (κ2) is 8.65. The van der Waals surface area contributed by atoms with Crippen LogP contribution in [0.25, 0.3) is 0 Å². The lowest BCUT2D eigenvalue weighted by molar-refractivity contribution is -0.127. The Labute approximate surface area is 177 Å². The highest BCUT2D eigenvalue weighted by Crippen LogP contribution is 2.33. The first-order valence-electron chi connectivity index (χ1n) is 10.1. The number of fused-ring (bicyclic) bond motifs is 1. The van der Waals surface area contributed by atoms with Crippen LogP contribution in [0.4, 0.5) is 11.4 Å². The number of amides is 1. The zero-order valence-electron chi connectivity index (χ0n) is 17.0. The third-order valence-corrected chi connectivity index (χ3v) is 6.83. The molecule has 2 aliphatic rings. The molecule has 0 aliphatic carbocycles. The van der Waals surface area contributed by atoms with Crippen molar-refractivity contribution in [1.29, 1.82) is 0 Å². The van der Waals surface area contributed by atoms with E-state index in [0.717, 1.165) is 41.8 Å². The van der Waals surface area contributed by atoms with Gasteiger partial charge in [0.2, 0.25) is 10.0 Å². The second-order valence-electron chi connectivity index (χ2n) is 7.60. The van der Waals surface area contributed by atoms with E-state index in [-0.39, 0.29) is 17.8 Å². The molecule has 2 aliphatic heterocycles. The second-order valence-corrected chi connectivity index (χ2v) is 9.45. The van der Waals surface area contributed by atoms with Crippen LogP contribution in [0.5, 0.6) is 5.75 Å². The number of rotatable bonds is 7. The fourth-order valence-corrected chi connectivity index (χ4v) is 4.99. The number of carbonyl (C=O) groups excluding carboxylic acids is 1. The van der Waals surface area contributed by atoms with E-state index < -0.39 is 10.0 Å². The molecular weight excluding hydrogens is 404 g/mol. The first-order valence-corrected chi connectivity index (χ1v) is 11.8. The van der Waals surface area contributed by atoms with Gasteiger partial charge in [-0.2, -0.15) is 0 Å². The number of hydrogen-bond acceptors (Lipinski definition) is 5. The van der Waals surface area contributed by atoms with Crippen molar-refractivity contribution in [2.24, 2.45) is 0 Å². The molecule has 1 N–H and O–H groups in total. The molecule has 2 aromatic carbocycles. The molecule has 0 saturated carbocycles. The van der Waals surface area contributed by atoms with Gasteiger partial charge in [-0.15, -0.1) is 0 Å². The Hall–Kier alpha value is -2.58. The third-order valence-electron chi connectivity index (χ3n) is 5.54. The van der Waals surface area contributed by atoms with Gasteiger partial charge in [-0.3, -0.25) is 9.52 Å². The van der Waals surface area contributed by atoms with Gasteiger partial charge in [0.15, 0.2) is 0 Å². The van der Waals surface area contributed by atoms with Crippen LogP contribution in [0.15, 0.2) is 42.5 Å². The number of nitrogens with zero attached hydrogens (tertiary/aromatic N) is 1. The highest BCUT2D eigenvalue weighted by molar-refractivity contribution is 7.92. The summed E-state index contributed by atoms with van der Waals surface area (Å²) in [4.78, 5) is 14.5. The third kappa shape index (κ3) is 4.60. The van der Waals surface area contributed by atoms with E-state index in [1.54, 1.807) is 24.1 Å². The molecule has 7 nitrogen and oxygen atoms in total. The summed E-state index contributed by atoms with van der Waals surface area (Å²) in [6.45, 7) is 1.22. The van der Waals surface area contributed by atoms with Crippen LogP contribution in [-0.4, -0.2) is 46.4 Å². The number of nitrogens with one attached hydrogen (secondary N) is 1. The van der Waals surface area contributed by atoms with E-state index in [9.17, 15) is 13.2 Å². The van der Waals surface area contributed by atoms with Gasteiger partial charge in [-0.25, -0.2) is 8.42 Å². The first-order chi connectivity index (χ1) is 14.4. The Morgan fingerprint density at radius 1 is 1.23 bits per heavy atom. The smallest absolute Gasteiger partial charge is 0.256 e. The van der Waals surface area contributed by atoms with Crippen LogP contribution >= 0.6 is 0 Å². The number of anilines is 2. The molecule has 1 saturated heterocycles. The molecule has 2 aromatic rings. The van der Waals surface area contributed by atoms with E-state index in [1.807, 2.05) is 30.3 Å². The number of hydrogen-bond donors (Lipinski definition) is 1. The highest BCUT2D eigenvalue weighted by Gasteiger charge is 2.33. The molecular formula is C22H26N2O5S. The van der Waals surface area contributed by atoms with Crippen LogP contribution in [-0.2, 0) is 32.4 Å². The highest BCUT2D eigenvalue weighted by atomic mass is 32.2. The minimum Gasteiger partial charge on any atom is -0.497 e. The molecule has 1 amide bonds. The van der Waals surface area contributed by atoms with Crippen molar-refractivity contribution in [3.63, 3.8) is 0 Å². The number of carbonyl (C=O) groups is 1. The fraction of sp³-hybridized carbons (Fsp3) is 0.409. The number of benzene rings is 2. The quantitative estimate of drug-likeness (QED) is 0.730. The van der Waals surface area contributed by atoms with Gasteiger partial charge in [0, 0.05) is 18.8 Å². The molecule has 160 valence electrons. The Morgan fingerprint density at radius 2 is 2.03 bits per heavy atom. The van der Waals surface area contributed by atoms with Crippen molar-refractivity contribution < 1.29 is 22.7 Å². The van der Waals surface area contributed by atoms with Crippen LogP contribution in [0.1, 0.15) is 24.0 Å². The molecule has 0 spiro atoms. The lowest BCUT2D eigenvalue weighted by Crippen LogP contribution is -2.37. The maximum atomic E-state index is 12.8. The summed E-state index contributed by atoms with van der Waals surface area (Å²) in [6.07, 6.45) is 2.40. The van der Waals surface area contributed by atoms with Gasteiger partial charge in [-0.05, 0) is 61.1 Å². The van der Waals surface area contributed by atoms with Crippen molar-refractivity contribution in [1.82, 2.24) is 0 Å². The SMILES string of the molecule is COc1ccc(CCS(=O)(=O)Nc2ccc3c(c2)N(C(=O)C2CCCO2)CC3)cc1. The van der Waals surface area contributed by atoms with Crippen molar-refractivity contribution >= 4 is 27.3 Å². The Kier molecular flexibility index (Phi) is 5.97. The van der Waals surface area contributed by atoms with Gasteiger partial charge in [0.1, 0.15) is 11.9 Å². The predicted octanol–water partition coefficient (Wildman–Crippen LogP) is 2.75. The zero-order chi connectivity index (χ0) is 21.1. The molecule has 1 atom stereocenters. The van der Waals surface area contributed by atoms with E-state index >= 15 is 0 Å². The summed E-state index contributed by atoms with van der Waals surface area (Å²) >= 11 is 0. The standard InChI is InChI=1S/C22H26N2O5S/c1-28-19-8-4-16(5-9-19)11-14-30(26,27)23-18-7-6-17-10-12-24(20(17)15-18)22(25)21-3-2-13-29-21/h4-9,15,21,23H,2-3,10-14H2,1H3. The molecule has 0 radical (unpaired) electrons. The topological polar surface area (TPSA) is 84.9 Å². The predicted molar refractivity (Wildman–Crippen MR) is 116 cm³/mol. The summed E-state index contributed by atoms with van der Waals surface area (Å²) in [5.41, 5.74) is 3.20. The van der Waals surface area contributed by atoms with E-state index in [1.165, 1.54) is 0 Å². The number of ether oxygens (including phenoxy) is 2. The Bertz CT molecular complexity index is 1010. The minimum atomic E-state index is -3.53. The molecule has 1 unspecified atom stereocenters. The van der Waals surface area contributed by atoms with Gasteiger partial charge in [0.25, 0.3) is 5.91 Å². The van der Waals surface area contributed by atoms with E-state index in [2.05, 4.69) is 4.72 Å². The van der Waals surface area contributed by atoms with Crippen LogP contribution in [0, 0.1) is 0 Å². The maximum Gasteiger partial charge on any atom is 0.256 e. The molecule has 0 bridgehead atoms. The fourth-order valence-electron chi connectivity index (χ4n) is 3.89. The van der Waals surface area contributed by atoms with Gasteiger partial charge < -0.3 is 14.4 Å². The molecule has 4 rings (SSSR count). The monoisotopic (exact) mass is 430 g/mol. The van der Waals surface area contributed by atoms with Crippen molar-refractivity contribution in [3.05, 3.63) is 53.6 Å². The summed E-state index contributed by atoms with van der Waals surface area (Å²) in [5, 5.41) is 0. The van der Waals surface area contributed by atoms with Gasteiger partial charge in [-0.1, -0.05) is 18.2 Å². The first kappa shape index (κ1) is 20.7. The number of aryl methyl sites for hydroxylation is 1. The van der Waals surface area contributed by atoms with Crippen molar-refractivity contribution in [2.45, 2.75) is 31.8 Å². The summed E-state index contributed by atoms with van der Waals surface area (Å²) in [5.74, 6) is 0.667. The average Bonchev–Trinajstić information content (AvgIpc) is 3.42. The molecule has 0 aromatic heterocycles. The average molecular weight is 431 g/mol. The van der Waals surface area contributed by atoms with E-state index in [0.29, 0.717) is 25.3 Å². The van der Waals surface area contributed by atoms with Gasteiger partial charge in [0.05, 0.1) is 18.6 Å². The summed E-state index contributed by atoms with van der Waals surface area (Å²) in [6, 6.07) is 12.7. The lowest BCUT2D eigenvalue weighted by atomic mass is 10.1. The summed E-state index contributed by atoms with van der Waals surface area (Å²) < 4.78 is 38.5. The van der Waals surface area contributed by atoms with E-state index in [4.69, 9.17) is 9.47 Å². The molecule has 1 fully saturated rings. The maximum absolute atomic E-state index is 12.8. The minimum absolute atomic E-state index is 0.0328. The molecule has 2 heterocycles. The normalized spacial score (nSPS) is 18.3. The largest absolute Gasteiger partial charge is 0.497 e. The van der Waals surface area contributed by atoms with Crippen LogP contribution in [0.3, 0.4) is 0 Å². The van der Waals surface area contributed by atoms with Crippen molar-refractivity contribution in [2.75, 3.05) is 35.6 Å². The molecule has 8 heteroatoms. The zero-order valence-corrected chi connectivity index (χ0v) is 17.8. The number of methoxy groups -OCH3 is 1. The number of sulfonamides is 1. The Morgan fingerprint density at radius 3 is 2.73 bits per heavy atom.